The van der Waals surface area contributed by atoms with Crippen molar-refractivity contribution < 1.29 is 9.21 Å². The Balaban J connectivity index is 1.89. The highest BCUT2D eigenvalue weighted by Crippen LogP contribution is 2.23. The fraction of sp³-hybridized carbons (Fsp3) is 0.333. The number of nitrogens with one attached hydrogen (secondary N) is 1. The number of nitrogens with zero attached hydrogens (tertiary/aromatic N) is 1. The van der Waals surface area contributed by atoms with E-state index in [0.717, 1.165) is 11.3 Å². The maximum atomic E-state index is 11.6. The van der Waals surface area contributed by atoms with Gasteiger partial charge in [0.15, 0.2) is 0 Å². The van der Waals surface area contributed by atoms with Crippen LogP contribution in [0.4, 0.5) is 0 Å². The number of rotatable bonds is 6. The van der Waals surface area contributed by atoms with Crippen LogP contribution in [0.5, 0.6) is 0 Å². The van der Waals surface area contributed by atoms with Gasteiger partial charge in [0.25, 0.3) is 0 Å². The number of amides is 1. The lowest BCUT2D eigenvalue weighted by atomic mass is 10.3. The van der Waals surface area contributed by atoms with Gasteiger partial charge in [0.2, 0.25) is 11.8 Å². The van der Waals surface area contributed by atoms with E-state index < -0.39 is 0 Å². The normalized spacial score (nSPS) is 10.5. The quantitative estimate of drug-likeness (QED) is 0.774. The van der Waals surface area contributed by atoms with Crippen LogP contribution in [0.15, 0.2) is 28.2 Å². The van der Waals surface area contributed by atoms with Gasteiger partial charge in [-0.3, -0.25) is 4.79 Å². The summed E-state index contributed by atoms with van der Waals surface area (Å²) in [5.41, 5.74) is 5.99. The second-order valence-corrected chi connectivity index (χ2v) is 4.74. The molecule has 0 saturated heterocycles. The molecule has 0 fully saturated rings. The summed E-state index contributed by atoms with van der Waals surface area (Å²) in [6.45, 7) is 1.18. The van der Waals surface area contributed by atoms with Crippen molar-refractivity contribution in [2.45, 2.75) is 12.8 Å². The third-order valence-corrected chi connectivity index (χ3v) is 3.19. The molecule has 0 aliphatic carbocycles. The van der Waals surface area contributed by atoms with E-state index in [0.29, 0.717) is 24.7 Å². The monoisotopic (exact) mass is 265 g/mol. The smallest absolute Gasteiger partial charge is 0.236 e. The lowest BCUT2D eigenvalue weighted by Gasteiger charge is -2.01. The molecule has 1 amide bonds. The highest BCUT2D eigenvalue weighted by atomic mass is 32.1. The van der Waals surface area contributed by atoms with Crippen LogP contribution in [0.2, 0.25) is 0 Å². The molecule has 0 atom stereocenters. The Morgan fingerprint density at radius 3 is 3.17 bits per heavy atom. The van der Waals surface area contributed by atoms with E-state index in [2.05, 4.69) is 10.3 Å². The first-order valence-corrected chi connectivity index (χ1v) is 6.62. The summed E-state index contributed by atoms with van der Waals surface area (Å²) >= 11 is 1.55. The van der Waals surface area contributed by atoms with Gasteiger partial charge in [-0.2, -0.15) is 0 Å². The minimum Gasteiger partial charge on any atom is -0.444 e. The summed E-state index contributed by atoms with van der Waals surface area (Å²) in [5.74, 6) is 0.504. The molecule has 0 aliphatic heterocycles. The molecule has 0 spiro atoms. The van der Waals surface area contributed by atoms with Crippen molar-refractivity contribution in [3.05, 3.63) is 29.5 Å². The lowest BCUT2D eigenvalue weighted by Crippen LogP contribution is -2.27. The van der Waals surface area contributed by atoms with Crippen LogP contribution in [0.3, 0.4) is 0 Å². The SMILES string of the molecule is NCCCNC(=O)Cc1coc(-c2cccs2)n1. The Kier molecular flexibility index (Phi) is 4.49. The maximum Gasteiger partial charge on any atom is 0.236 e. The van der Waals surface area contributed by atoms with Crippen LogP contribution >= 0.6 is 11.3 Å². The summed E-state index contributed by atoms with van der Waals surface area (Å²) in [4.78, 5) is 16.8. The van der Waals surface area contributed by atoms with E-state index in [1.54, 1.807) is 11.3 Å². The number of hydrogen-bond acceptors (Lipinski definition) is 5. The Labute approximate surface area is 109 Å². The molecule has 2 rings (SSSR count). The molecule has 2 aromatic rings. The molecule has 6 heteroatoms. The maximum absolute atomic E-state index is 11.6. The van der Waals surface area contributed by atoms with E-state index in [1.807, 2.05) is 17.5 Å². The fourth-order valence-electron chi connectivity index (χ4n) is 1.46. The van der Waals surface area contributed by atoms with E-state index in [9.17, 15) is 4.79 Å². The molecular weight excluding hydrogens is 250 g/mol. The second-order valence-electron chi connectivity index (χ2n) is 3.79. The topological polar surface area (TPSA) is 81.1 Å². The zero-order valence-corrected chi connectivity index (χ0v) is 10.7. The van der Waals surface area contributed by atoms with Gasteiger partial charge in [-0.1, -0.05) is 6.07 Å². The third-order valence-electron chi connectivity index (χ3n) is 2.33. The summed E-state index contributed by atoms with van der Waals surface area (Å²) < 4.78 is 5.33. The van der Waals surface area contributed by atoms with Gasteiger partial charge in [-0.25, -0.2) is 4.98 Å². The van der Waals surface area contributed by atoms with Gasteiger partial charge in [0.05, 0.1) is 17.0 Å². The molecule has 5 nitrogen and oxygen atoms in total. The Morgan fingerprint density at radius 2 is 2.44 bits per heavy atom. The van der Waals surface area contributed by atoms with Gasteiger partial charge < -0.3 is 15.5 Å². The van der Waals surface area contributed by atoms with Gasteiger partial charge in [0, 0.05) is 6.54 Å². The van der Waals surface area contributed by atoms with Crippen molar-refractivity contribution in [1.29, 1.82) is 0 Å². The van der Waals surface area contributed by atoms with Crippen molar-refractivity contribution in [3.63, 3.8) is 0 Å². The van der Waals surface area contributed by atoms with E-state index in [4.69, 9.17) is 10.2 Å². The van der Waals surface area contributed by atoms with Crippen LogP contribution in [-0.2, 0) is 11.2 Å². The van der Waals surface area contributed by atoms with E-state index >= 15 is 0 Å². The first kappa shape index (κ1) is 12.8. The van der Waals surface area contributed by atoms with Gasteiger partial charge in [-0.15, -0.1) is 11.3 Å². The highest BCUT2D eigenvalue weighted by molar-refractivity contribution is 7.13. The molecule has 0 radical (unpaired) electrons. The van der Waals surface area contributed by atoms with Crippen LogP contribution in [-0.4, -0.2) is 24.0 Å². The fourth-order valence-corrected chi connectivity index (χ4v) is 2.11. The first-order valence-electron chi connectivity index (χ1n) is 5.74. The van der Waals surface area contributed by atoms with Crippen molar-refractivity contribution in [3.8, 4) is 10.8 Å². The molecule has 0 saturated carbocycles. The zero-order valence-electron chi connectivity index (χ0n) is 9.89. The summed E-state index contributed by atoms with van der Waals surface area (Å²) in [6, 6.07) is 3.87. The van der Waals surface area contributed by atoms with Gasteiger partial charge in [-0.05, 0) is 24.4 Å². The Bertz CT molecular complexity index is 493. The molecular formula is C12H15N3O2S. The predicted molar refractivity (Wildman–Crippen MR) is 70.2 cm³/mol. The van der Waals surface area contributed by atoms with Crippen molar-refractivity contribution in [2.75, 3.05) is 13.1 Å². The number of thiophene rings is 1. The number of hydrogen-bond donors (Lipinski definition) is 2. The molecule has 96 valence electrons. The molecule has 2 aromatic heterocycles. The van der Waals surface area contributed by atoms with Crippen molar-refractivity contribution >= 4 is 17.2 Å². The number of carbonyl (C=O) groups excluding carboxylic acids is 1. The third kappa shape index (κ3) is 3.41. The molecule has 0 unspecified atom stereocenters. The molecule has 3 N–H and O–H groups in total. The van der Waals surface area contributed by atoms with Crippen LogP contribution in [0.1, 0.15) is 12.1 Å². The summed E-state index contributed by atoms with van der Waals surface area (Å²) in [5, 5.41) is 4.74. The van der Waals surface area contributed by atoms with Crippen LogP contribution in [0.25, 0.3) is 10.8 Å². The number of oxazole rings is 1. The van der Waals surface area contributed by atoms with Crippen molar-refractivity contribution in [1.82, 2.24) is 10.3 Å². The molecule has 0 aliphatic rings. The highest BCUT2D eigenvalue weighted by Gasteiger charge is 2.10. The van der Waals surface area contributed by atoms with E-state index in [-0.39, 0.29) is 12.3 Å². The second kappa shape index (κ2) is 6.32. The Hall–Kier alpha value is -1.66. The van der Waals surface area contributed by atoms with Crippen molar-refractivity contribution in [2.24, 2.45) is 5.73 Å². The predicted octanol–water partition coefficient (Wildman–Crippen LogP) is 1.41. The van der Waals surface area contributed by atoms with Gasteiger partial charge in [0.1, 0.15) is 6.26 Å². The molecule has 18 heavy (non-hydrogen) atoms. The average molecular weight is 265 g/mol. The zero-order chi connectivity index (χ0) is 12.8. The molecule has 0 bridgehead atoms. The molecule has 2 heterocycles. The number of nitrogens with two attached hydrogens (primary N) is 1. The lowest BCUT2D eigenvalue weighted by molar-refractivity contribution is -0.120. The summed E-state index contributed by atoms with van der Waals surface area (Å²) in [6.07, 6.45) is 2.54. The standard InChI is InChI=1S/C12H15N3O2S/c13-4-2-5-14-11(16)7-9-8-17-12(15-9)10-3-1-6-18-10/h1,3,6,8H,2,4-5,7,13H2,(H,14,16). The van der Waals surface area contributed by atoms with E-state index in [1.165, 1.54) is 6.26 Å². The minimum atomic E-state index is -0.0607. The molecule has 0 aromatic carbocycles. The Morgan fingerprint density at radius 1 is 1.56 bits per heavy atom. The largest absolute Gasteiger partial charge is 0.444 e. The number of aromatic nitrogens is 1. The summed E-state index contributed by atoms with van der Waals surface area (Å²) in [7, 11) is 0. The van der Waals surface area contributed by atoms with Crippen LogP contribution < -0.4 is 11.1 Å². The average Bonchev–Trinajstić information content (AvgIpc) is 2.98. The van der Waals surface area contributed by atoms with Crippen LogP contribution in [0, 0.1) is 0 Å². The first-order chi connectivity index (χ1) is 8.79. The van der Waals surface area contributed by atoms with Gasteiger partial charge >= 0.3 is 0 Å². The minimum absolute atomic E-state index is 0.0607. The number of carbonyl (C=O) groups is 1.